The van der Waals surface area contributed by atoms with Gasteiger partial charge in [0, 0.05) is 0 Å². The number of benzene rings is 2. The van der Waals surface area contributed by atoms with Crippen LogP contribution in [0.2, 0.25) is 0 Å². The van der Waals surface area contributed by atoms with Crippen molar-refractivity contribution in [3.05, 3.63) is 48.0 Å². The third-order valence-corrected chi connectivity index (χ3v) is 5.77. The van der Waals surface area contributed by atoms with E-state index in [0.29, 0.717) is 17.8 Å². The van der Waals surface area contributed by atoms with Crippen molar-refractivity contribution in [2.45, 2.75) is 45.6 Å². The van der Waals surface area contributed by atoms with Crippen LogP contribution in [0, 0.1) is 17.8 Å². The van der Waals surface area contributed by atoms with Gasteiger partial charge in [0.15, 0.2) is 0 Å². The van der Waals surface area contributed by atoms with Crippen molar-refractivity contribution in [3.8, 4) is 5.75 Å². The van der Waals surface area contributed by atoms with E-state index in [1.54, 1.807) is 7.11 Å². The molecule has 0 radical (unpaired) electrons. The molecular weight excluding hydrogens is 308 g/mol. The molecule has 134 valence electrons. The van der Waals surface area contributed by atoms with Crippen molar-refractivity contribution in [1.82, 2.24) is 0 Å². The summed E-state index contributed by atoms with van der Waals surface area (Å²) in [6.45, 7) is 6.70. The van der Waals surface area contributed by atoms with Crippen LogP contribution in [0.15, 0.2) is 42.5 Å². The lowest BCUT2D eigenvalue weighted by atomic mass is 9.67. The van der Waals surface area contributed by atoms with E-state index in [2.05, 4.69) is 63.3 Å². The molecule has 0 unspecified atom stereocenters. The maximum atomic E-state index is 11.4. The minimum atomic E-state index is -0.708. The topological polar surface area (TPSA) is 29.5 Å². The van der Waals surface area contributed by atoms with Gasteiger partial charge in [-0.15, -0.1) is 0 Å². The highest BCUT2D eigenvalue weighted by molar-refractivity contribution is 5.91. The Hall–Kier alpha value is -1.80. The molecule has 1 aliphatic carbocycles. The Morgan fingerprint density at radius 1 is 1.20 bits per heavy atom. The first kappa shape index (κ1) is 18.0. The number of aliphatic hydroxyl groups is 1. The average molecular weight is 338 g/mol. The highest BCUT2D eigenvalue weighted by Gasteiger charge is 2.40. The molecule has 0 aliphatic heterocycles. The van der Waals surface area contributed by atoms with E-state index in [1.807, 2.05) is 6.07 Å². The van der Waals surface area contributed by atoms with Gasteiger partial charge >= 0.3 is 0 Å². The van der Waals surface area contributed by atoms with Gasteiger partial charge in [-0.2, -0.15) is 0 Å². The van der Waals surface area contributed by atoms with E-state index in [0.717, 1.165) is 29.5 Å². The molecule has 1 N–H and O–H groups in total. The van der Waals surface area contributed by atoms with Crippen molar-refractivity contribution in [2.75, 3.05) is 7.11 Å². The normalized spacial score (nSPS) is 27.3. The van der Waals surface area contributed by atoms with Crippen LogP contribution in [-0.2, 0) is 0 Å². The van der Waals surface area contributed by atoms with Crippen LogP contribution in [0.1, 0.15) is 45.6 Å². The van der Waals surface area contributed by atoms with Crippen LogP contribution in [0.4, 0.5) is 0 Å². The number of methoxy groups -OCH3 is 1. The summed E-state index contributed by atoms with van der Waals surface area (Å²) in [6, 6.07) is 12.4. The van der Waals surface area contributed by atoms with Crippen LogP contribution < -0.4 is 4.74 Å². The lowest BCUT2D eigenvalue weighted by Crippen LogP contribution is -2.43. The zero-order valence-electron chi connectivity index (χ0n) is 15.8. The highest BCUT2D eigenvalue weighted by atomic mass is 16.5. The first-order chi connectivity index (χ1) is 11.9. The molecule has 0 saturated heterocycles. The van der Waals surface area contributed by atoms with E-state index in [9.17, 15) is 5.11 Å². The molecule has 1 saturated carbocycles. The monoisotopic (exact) mass is 338 g/mol. The summed E-state index contributed by atoms with van der Waals surface area (Å²) in [5, 5.41) is 13.7. The second-order valence-corrected chi connectivity index (χ2v) is 8.00. The Morgan fingerprint density at radius 3 is 2.72 bits per heavy atom. The molecule has 0 spiro atoms. The molecule has 2 aromatic carbocycles. The van der Waals surface area contributed by atoms with E-state index >= 15 is 0 Å². The predicted molar refractivity (Wildman–Crippen MR) is 106 cm³/mol. The first-order valence-corrected chi connectivity index (χ1v) is 9.41. The summed E-state index contributed by atoms with van der Waals surface area (Å²) in [5.41, 5.74) is 0.440. The third-order valence-electron chi connectivity index (χ3n) is 5.77. The Kier molecular flexibility index (Phi) is 5.19. The fraction of sp³-hybridized carbons (Fsp3) is 0.478. The van der Waals surface area contributed by atoms with E-state index in [1.165, 1.54) is 11.8 Å². The van der Waals surface area contributed by atoms with Crippen molar-refractivity contribution in [3.63, 3.8) is 0 Å². The third kappa shape index (κ3) is 3.74. The predicted octanol–water partition coefficient (Wildman–Crippen LogP) is 5.68. The van der Waals surface area contributed by atoms with Gasteiger partial charge in [-0.25, -0.2) is 0 Å². The second kappa shape index (κ2) is 7.21. The fourth-order valence-electron chi connectivity index (χ4n) is 4.42. The van der Waals surface area contributed by atoms with E-state index in [-0.39, 0.29) is 0 Å². The SMILES string of the molecule is COc1ccc2c(/C=C/[C@]3(O)C[C@H](C)CC[C@H]3C(C)C)cccc2c1. The number of hydrogen-bond acceptors (Lipinski definition) is 2. The summed E-state index contributed by atoms with van der Waals surface area (Å²) in [6.07, 6.45) is 7.35. The van der Waals surface area contributed by atoms with E-state index in [4.69, 9.17) is 4.74 Å². The lowest BCUT2D eigenvalue weighted by molar-refractivity contribution is -0.0401. The van der Waals surface area contributed by atoms with Gasteiger partial charge in [0.2, 0.25) is 0 Å². The highest BCUT2D eigenvalue weighted by Crippen LogP contribution is 2.42. The van der Waals surface area contributed by atoms with Crippen LogP contribution in [-0.4, -0.2) is 17.8 Å². The van der Waals surface area contributed by atoms with Crippen molar-refractivity contribution in [2.24, 2.45) is 17.8 Å². The van der Waals surface area contributed by atoms with Crippen LogP contribution >= 0.6 is 0 Å². The zero-order valence-corrected chi connectivity index (χ0v) is 15.8. The molecular formula is C23H30O2. The van der Waals surface area contributed by atoms with E-state index < -0.39 is 5.60 Å². The number of ether oxygens (including phenoxy) is 1. The molecule has 2 heteroatoms. The summed E-state index contributed by atoms with van der Waals surface area (Å²) >= 11 is 0. The summed E-state index contributed by atoms with van der Waals surface area (Å²) in [7, 11) is 1.69. The lowest BCUT2D eigenvalue weighted by Gasteiger charge is -2.43. The summed E-state index contributed by atoms with van der Waals surface area (Å²) in [5.74, 6) is 2.25. The average Bonchev–Trinajstić information content (AvgIpc) is 2.59. The molecule has 1 fully saturated rings. The number of hydrogen-bond donors (Lipinski definition) is 1. The molecule has 3 rings (SSSR count). The van der Waals surface area contributed by atoms with Crippen LogP contribution in [0.25, 0.3) is 16.8 Å². The maximum absolute atomic E-state index is 11.4. The molecule has 3 atom stereocenters. The largest absolute Gasteiger partial charge is 0.497 e. The fourth-order valence-corrected chi connectivity index (χ4v) is 4.42. The van der Waals surface area contributed by atoms with Gasteiger partial charge in [-0.1, -0.05) is 63.6 Å². The van der Waals surface area contributed by atoms with Gasteiger partial charge in [-0.3, -0.25) is 0 Å². The molecule has 25 heavy (non-hydrogen) atoms. The zero-order chi connectivity index (χ0) is 18.0. The number of fused-ring (bicyclic) bond motifs is 1. The molecule has 2 nitrogen and oxygen atoms in total. The smallest absolute Gasteiger partial charge is 0.119 e. The van der Waals surface area contributed by atoms with Crippen LogP contribution in [0.3, 0.4) is 0 Å². The Bertz CT molecular complexity index is 762. The molecule has 0 amide bonds. The summed E-state index contributed by atoms with van der Waals surface area (Å²) < 4.78 is 5.33. The molecule has 0 heterocycles. The van der Waals surface area contributed by atoms with Gasteiger partial charge < -0.3 is 9.84 Å². The molecule has 0 aromatic heterocycles. The minimum Gasteiger partial charge on any atom is -0.497 e. The summed E-state index contributed by atoms with van der Waals surface area (Å²) in [4.78, 5) is 0. The van der Waals surface area contributed by atoms with Crippen molar-refractivity contribution < 1.29 is 9.84 Å². The van der Waals surface area contributed by atoms with Crippen molar-refractivity contribution in [1.29, 1.82) is 0 Å². The molecule has 2 aromatic rings. The standard InChI is InChI=1S/C23H30O2/c1-16(2)22-11-8-17(3)15-23(22,24)13-12-18-6-5-7-19-14-20(25-4)9-10-21(18)19/h5-7,9-10,12-14,16-17,22,24H,8,11,15H2,1-4H3/b13-12+/t17-,22+,23+/m1/s1. The minimum absolute atomic E-state index is 0.329. The Balaban J connectivity index is 1.96. The van der Waals surface area contributed by atoms with Gasteiger partial charge in [0.1, 0.15) is 5.75 Å². The van der Waals surface area contributed by atoms with Gasteiger partial charge in [0.25, 0.3) is 0 Å². The molecule has 0 bridgehead atoms. The second-order valence-electron chi connectivity index (χ2n) is 8.00. The molecule has 1 aliphatic rings. The number of rotatable bonds is 4. The Morgan fingerprint density at radius 2 is 2.00 bits per heavy atom. The van der Waals surface area contributed by atoms with Gasteiger partial charge in [0.05, 0.1) is 12.7 Å². The van der Waals surface area contributed by atoms with Gasteiger partial charge in [-0.05, 0) is 59.1 Å². The first-order valence-electron chi connectivity index (χ1n) is 9.41. The van der Waals surface area contributed by atoms with Crippen LogP contribution in [0.5, 0.6) is 5.75 Å². The quantitative estimate of drug-likeness (QED) is 0.776. The Labute approximate surface area is 151 Å². The van der Waals surface area contributed by atoms with Crippen molar-refractivity contribution >= 4 is 16.8 Å². The maximum Gasteiger partial charge on any atom is 0.119 e.